The number of benzene rings is 3. The molecule has 0 nitrogen and oxygen atoms in total. The first-order valence-electron chi connectivity index (χ1n) is 5.81. The van der Waals surface area contributed by atoms with E-state index in [-0.39, 0.29) is 0 Å². The molecule has 0 spiro atoms. The van der Waals surface area contributed by atoms with Crippen molar-refractivity contribution in [1.82, 2.24) is 0 Å². The summed E-state index contributed by atoms with van der Waals surface area (Å²) < 4.78 is 0. The van der Waals surface area contributed by atoms with Crippen LogP contribution in [0.3, 0.4) is 0 Å². The standard InChI is InChI=1S/C17H10/c1-2-6-13-11-17-15(9-12(13)5-1)10-14-7-3-4-8-16(14)17/h1-9,11H. The van der Waals surface area contributed by atoms with Gasteiger partial charge in [-0.25, -0.2) is 0 Å². The first-order valence-corrected chi connectivity index (χ1v) is 5.81. The third kappa shape index (κ3) is 1.24. The lowest BCUT2D eigenvalue weighted by molar-refractivity contribution is 1.56. The molecule has 0 bridgehead atoms. The summed E-state index contributed by atoms with van der Waals surface area (Å²) in [6, 6.07) is 21.4. The fourth-order valence-corrected chi connectivity index (χ4v) is 2.54. The number of rotatable bonds is 0. The fourth-order valence-electron chi connectivity index (χ4n) is 2.54. The van der Waals surface area contributed by atoms with Crippen molar-refractivity contribution in [2.75, 3.05) is 0 Å². The molecule has 0 aromatic heterocycles. The van der Waals surface area contributed by atoms with E-state index < -0.39 is 0 Å². The smallest absolute Gasteiger partial charge is 0.0515 e. The van der Waals surface area contributed by atoms with Crippen LogP contribution < -0.4 is 0 Å². The molecule has 0 N–H and O–H groups in total. The highest BCUT2D eigenvalue weighted by atomic mass is 14.2. The van der Waals surface area contributed by atoms with Crippen LogP contribution in [0.25, 0.3) is 21.9 Å². The number of fused-ring (bicyclic) bond motifs is 4. The molecule has 0 fully saturated rings. The normalized spacial score (nSPS) is 12.5. The molecule has 0 saturated carbocycles. The molecule has 1 aliphatic carbocycles. The summed E-state index contributed by atoms with van der Waals surface area (Å²) in [5.41, 5.74) is 5.02. The molecular formula is C17H10. The van der Waals surface area contributed by atoms with E-state index in [9.17, 15) is 0 Å². The van der Waals surface area contributed by atoms with Crippen molar-refractivity contribution >= 4 is 10.8 Å². The van der Waals surface area contributed by atoms with Crippen LogP contribution in [0.1, 0.15) is 11.1 Å². The fraction of sp³-hybridized carbons (Fsp3) is 0. The number of hydrogen-bond acceptors (Lipinski definition) is 0. The Morgan fingerprint density at radius 3 is 2.18 bits per heavy atom. The predicted octanol–water partition coefficient (Wildman–Crippen LogP) is 4.30. The summed E-state index contributed by atoms with van der Waals surface area (Å²) in [6.07, 6.45) is 3.47. The van der Waals surface area contributed by atoms with Gasteiger partial charge in [-0.1, -0.05) is 48.5 Å². The molecule has 78 valence electrons. The molecule has 3 aromatic carbocycles. The SMILES string of the molecule is [C]1c2ccccc2-c2cc3ccccc3cc21. The maximum atomic E-state index is 3.47. The molecule has 0 aliphatic heterocycles. The first kappa shape index (κ1) is 9.00. The van der Waals surface area contributed by atoms with Gasteiger partial charge in [0, 0.05) is 0 Å². The van der Waals surface area contributed by atoms with E-state index >= 15 is 0 Å². The molecular weight excluding hydrogens is 204 g/mol. The minimum Gasteiger partial charge on any atom is -0.0619 e. The second-order valence-corrected chi connectivity index (χ2v) is 4.42. The minimum absolute atomic E-state index is 1.21. The van der Waals surface area contributed by atoms with E-state index in [1.54, 1.807) is 0 Å². The van der Waals surface area contributed by atoms with Crippen molar-refractivity contribution in [2.24, 2.45) is 0 Å². The van der Waals surface area contributed by atoms with Gasteiger partial charge < -0.3 is 0 Å². The summed E-state index contributed by atoms with van der Waals surface area (Å²) in [4.78, 5) is 0. The molecule has 3 aromatic rings. The topological polar surface area (TPSA) is 0 Å². The van der Waals surface area contributed by atoms with Gasteiger partial charge in [0.1, 0.15) is 0 Å². The summed E-state index contributed by atoms with van der Waals surface area (Å²) in [6.45, 7) is 0. The van der Waals surface area contributed by atoms with Crippen LogP contribution in [-0.2, 0) is 0 Å². The van der Waals surface area contributed by atoms with Crippen LogP contribution in [-0.4, -0.2) is 0 Å². The maximum absolute atomic E-state index is 3.47. The lowest BCUT2D eigenvalue weighted by Crippen LogP contribution is -1.79. The van der Waals surface area contributed by atoms with Crippen LogP contribution in [0.2, 0.25) is 0 Å². The monoisotopic (exact) mass is 214 g/mol. The minimum atomic E-state index is 1.21. The van der Waals surface area contributed by atoms with E-state index in [0.717, 1.165) is 0 Å². The lowest BCUT2D eigenvalue weighted by Gasteiger charge is -2.03. The Hall–Kier alpha value is -2.08. The Balaban J connectivity index is 2.07. The molecule has 17 heavy (non-hydrogen) atoms. The molecule has 0 saturated heterocycles. The van der Waals surface area contributed by atoms with Gasteiger partial charge >= 0.3 is 0 Å². The van der Waals surface area contributed by atoms with Crippen LogP contribution in [0.5, 0.6) is 0 Å². The highest BCUT2D eigenvalue weighted by Gasteiger charge is 2.18. The Labute approximate surface area is 101 Å². The molecule has 4 rings (SSSR count). The zero-order chi connectivity index (χ0) is 11.2. The van der Waals surface area contributed by atoms with E-state index in [0.29, 0.717) is 0 Å². The molecule has 0 heterocycles. The first-order chi connectivity index (χ1) is 8.42. The summed E-state index contributed by atoms with van der Waals surface area (Å²) in [7, 11) is 0. The summed E-state index contributed by atoms with van der Waals surface area (Å²) in [5.74, 6) is 0. The second-order valence-electron chi connectivity index (χ2n) is 4.42. The third-order valence-corrected chi connectivity index (χ3v) is 3.37. The van der Waals surface area contributed by atoms with E-state index in [4.69, 9.17) is 0 Å². The zero-order valence-electron chi connectivity index (χ0n) is 9.27. The largest absolute Gasteiger partial charge is 0.0619 e. The molecule has 0 atom stereocenters. The van der Waals surface area contributed by atoms with Crippen LogP contribution in [0.15, 0.2) is 60.7 Å². The Morgan fingerprint density at radius 1 is 0.588 bits per heavy atom. The van der Waals surface area contributed by atoms with Crippen LogP contribution in [0.4, 0.5) is 0 Å². The Bertz CT molecular complexity index is 723. The average Bonchev–Trinajstić information content (AvgIpc) is 2.73. The molecule has 1 aliphatic rings. The number of hydrogen-bond donors (Lipinski definition) is 0. The molecule has 0 heteroatoms. The second kappa shape index (κ2) is 3.21. The van der Waals surface area contributed by atoms with E-state index in [2.05, 4.69) is 67.1 Å². The van der Waals surface area contributed by atoms with Crippen molar-refractivity contribution in [3.05, 3.63) is 78.2 Å². The van der Waals surface area contributed by atoms with Crippen LogP contribution in [0, 0.1) is 6.42 Å². The summed E-state index contributed by atoms with van der Waals surface area (Å²) >= 11 is 0. The molecule has 0 amide bonds. The third-order valence-electron chi connectivity index (χ3n) is 3.37. The van der Waals surface area contributed by atoms with Crippen molar-refractivity contribution in [3.63, 3.8) is 0 Å². The van der Waals surface area contributed by atoms with E-state index in [1.807, 2.05) is 0 Å². The quantitative estimate of drug-likeness (QED) is 0.409. The van der Waals surface area contributed by atoms with Crippen molar-refractivity contribution in [3.8, 4) is 11.1 Å². The average molecular weight is 214 g/mol. The van der Waals surface area contributed by atoms with Gasteiger partial charge in [0.25, 0.3) is 0 Å². The molecule has 0 unspecified atom stereocenters. The summed E-state index contributed by atoms with van der Waals surface area (Å²) in [5, 5.41) is 2.58. The zero-order valence-corrected chi connectivity index (χ0v) is 9.27. The highest BCUT2D eigenvalue weighted by molar-refractivity contribution is 5.93. The van der Waals surface area contributed by atoms with Gasteiger partial charge in [0.15, 0.2) is 0 Å². The van der Waals surface area contributed by atoms with Gasteiger partial charge in [-0.2, -0.15) is 0 Å². The lowest BCUT2D eigenvalue weighted by atomic mass is 10.0. The van der Waals surface area contributed by atoms with Gasteiger partial charge in [-0.3, -0.25) is 0 Å². The van der Waals surface area contributed by atoms with Gasteiger partial charge in [0.2, 0.25) is 0 Å². The Kier molecular flexibility index (Phi) is 1.70. The maximum Gasteiger partial charge on any atom is 0.0515 e. The van der Waals surface area contributed by atoms with Crippen LogP contribution >= 0.6 is 0 Å². The van der Waals surface area contributed by atoms with Crippen molar-refractivity contribution in [1.29, 1.82) is 0 Å². The molecule has 2 radical (unpaired) electrons. The Morgan fingerprint density at radius 2 is 1.29 bits per heavy atom. The predicted molar refractivity (Wildman–Crippen MR) is 70.8 cm³/mol. The van der Waals surface area contributed by atoms with E-state index in [1.165, 1.54) is 33.0 Å². The highest BCUT2D eigenvalue weighted by Crippen LogP contribution is 2.39. The van der Waals surface area contributed by atoms with Crippen molar-refractivity contribution < 1.29 is 0 Å². The van der Waals surface area contributed by atoms with Gasteiger partial charge in [-0.15, -0.1) is 0 Å². The van der Waals surface area contributed by atoms with Gasteiger partial charge in [0.05, 0.1) is 6.42 Å². The van der Waals surface area contributed by atoms with Gasteiger partial charge in [-0.05, 0) is 45.2 Å². The van der Waals surface area contributed by atoms with Crippen molar-refractivity contribution in [2.45, 2.75) is 0 Å².